The molecule has 0 radical (unpaired) electrons. The van der Waals surface area contributed by atoms with Gasteiger partial charge in [0.15, 0.2) is 6.10 Å². The third-order valence-corrected chi connectivity index (χ3v) is 10.7. The fraction of sp³-hybridized carbons (Fsp3) is 0.745. The van der Waals surface area contributed by atoms with E-state index < -0.39 is 6.10 Å². The number of rotatable bonds is 46. The molecule has 0 amide bonds. The Morgan fingerprint density at radius 3 is 1.28 bits per heavy atom. The lowest BCUT2D eigenvalue weighted by molar-refractivity contribution is -0.162. The predicted molar refractivity (Wildman–Crippen MR) is 260 cm³/mol. The van der Waals surface area contributed by atoms with Crippen LogP contribution in [0.5, 0.6) is 0 Å². The van der Waals surface area contributed by atoms with Gasteiger partial charge in [-0.15, -0.1) is 0 Å². The zero-order valence-electron chi connectivity index (χ0n) is 39.7. The molecule has 0 aromatic heterocycles. The summed E-state index contributed by atoms with van der Waals surface area (Å²) < 4.78 is 17.3. The molecule has 0 saturated carbocycles. The SMILES string of the molecule is CC/C=C\C/C=C\C/C=C\C/C=C\CCC(=O)OCC(COCCCCCCCCCC/C=C\CCCCCCCC)OC(=O)CCCCCCC/C=C\CCCCCC. The molecule has 0 spiro atoms. The van der Waals surface area contributed by atoms with Crippen molar-refractivity contribution in [3.63, 3.8) is 0 Å². The van der Waals surface area contributed by atoms with Gasteiger partial charge in [-0.1, -0.05) is 203 Å². The zero-order chi connectivity index (χ0) is 43.5. The molecule has 5 nitrogen and oxygen atoms in total. The second-order valence-electron chi connectivity index (χ2n) is 16.7. The van der Waals surface area contributed by atoms with Crippen molar-refractivity contribution in [1.82, 2.24) is 0 Å². The molecule has 0 saturated heterocycles. The Labute approximate surface area is 372 Å². The first-order valence-electron chi connectivity index (χ1n) is 25.5. The molecule has 0 aliphatic carbocycles. The monoisotopic (exact) mass is 837 g/mol. The summed E-state index contributed by atoms with van der Waals surface area (Å²) in [5.41, 5.74) is 0. The highest BCUT2D eigenvalue weighted by Crippen LogP contribution is 2.13. The molecule has 0 aromatic carbocycles. The second-order valence-corrected chi connectivity index (χ2v) is 16.7. The molecule has 0 heterocycles. The van der Waals surface area contributed by atoms with Crippen molar-refractivity contribution in [3.8, 4) is 0 Å². The van der Waals surface area contributed by atoms with Crippen LogP contribution in [0, 0.1) is 0 Å². The molecule has 0 aliphatic heterocycles. The highest BCUT2D eigenvalue weighted by Gasteiger charge is 2.17. The Morgan fingerprint density at radius 2 is 0.783 bits per heavy atom. The first kappa shape index (κ1) is 57.3. The number of unbranched alkanes of at least 4 members (excludes halogenated alkanes) is 23. The highest BCUT2D eigenvalue weighted by atomic mass is 16.6. The Balaban J connectivity index is 4.33. The van der Waals surface area contributed by atoms with Crippen molar-refractivity contribution in [2.24, 2.45) is 0 Å². The van der Waals surface area contributed by atoms with E-state index >= 15 is 0 Å². The van der Waals surface area contributed by atoms with Crippen molar-refractivity contribution in [1.29, 1.82) is 0 Å². The van der Waals surface area contributed by atoms with Gasteiger partial charge >= 0.3 is 11.9 Å². The van der Waals surface area contributed by atoms with E-state index in [4.69, 9.17) is 14.2 Å². The molecule has 60 heavy (non-hydrogen) atoms. The molecule has 0 bridgehead atoms. The van der Waals surface area contributed by atoms with Crippen LogP contribution >= 0.6 is 0 Å². The van der Waals surface area contributed by atoms with Gasteiger partial charge in [-0.05, 0) is 96.3 Å². The molecule has 1 unspecified atom stereocenters. The first-order chi connectivity index (χ1) is 29.6. The van der Waals surface area contributed by atoms with Gasteiger partial charge in [0.2, 0.25) is 0 Å². The van der Waals surface area contributed by atoms with Crippen LogP contribution in [0.2, 0.25) is 0 Å². The predicted octanol–water partition coefficient (Wildman–Crippen LogP) is 17.1. The van der Waals surface area contributed by atoms with E-state index in [1.165, 1.54) is 135 Å². The molecular weight excluding hydrogens is 741 g/mol. The van der Waals surface area contributed by atoms with Crippen LogP contribution in [0.25, 0.3) is 0 Å². The van der Waals surface area contributed by atoms with E-state index in [1.807, 2.05) is 6.08 Å². The average Bonchev–Trinajstić information content (AvgIpc) is 3.25. The summed E-state index contributed by atoms with van der Waals surface area (Å²) in [5.74, 6) is -0.501. The number of carbonyl (C=O) groups excluding carboxylic acids is 2. The summed E-state index contributed by atoms with van der Waals surface area (Å²) in [4.78, 5) is 25.3. The van der Waals surface area contributed by atoms with Crippen molar-refractivity contribution < 1.29 is 23.8 Å². The number of hydrogen-bond donors (Lipinski definition) is 0. The number of esters is 2. The van der Waals surface area contributed by atoms with Gasteiger partial charge < -0.3 is 14.2 Å². The molecule has 1 atom stereocenters. The standard InChI is InChI=1S/C55H96O5/c1-4-7-10-13-16-19-22-25-26-27-28-29-32-35-38-41-44-47-50-58-51-53(60-55(57)49-46-43-40-37-34-31-24-21-18-15-12-9-6-3)52-59-54(56)48-45-42-39-36-33-30-23-20-17-14-11-8-5-2/h8,11,17,20-21,24-26,30,33,39,42,53H,4-7,9-10,12-16,18-19,22-23,27-29,31-32,34-38,40-41,43-52H2,1-3H3/b11-8-,20-17-,24-21-,26-25-,33-30-,42-39-. The van der Waals surface area contributed by atoms with Gasteiger partial charge in [-0.2, -0.15) is 0 Å². The van der Waals surface area contributed by atoms with Gasteiger partial charge in [0.25, 0.3) is 0 Å². The normalized spacial score (nSPS) is 12.8. The molecule has 0 fully saturated rings. The van der Waals surface area contributed by atoms with E-state index in [9.17, 15) is 9.59 Å². The fourth-order valence-electron chi connectivity index (χ4n) is 6.92. The Kier molecular flexibility index (Phi) is 48.4. The van der Waals surface area contributed by atoms with Crippen molar-refractivity contribution >= 4 is 11.9 Å². The number of ether oxygens (including phenoxy) is 3. The Bertz CT molecular complexity index is 1080. The second kappa shape index (κ2) is 50.7. The Morgan fingerprint density at radius 1 is 0.383 bits per heavy atom. The van der Waals surface area contributed by atoms with Crippen LogP contribution in [0.3, 0.4) is 0 Å². The molecule has 346 valence electrons. The van der Waals surface area contributed by atoms with Crippen LogP contribution in [-0.4, -0.2) is 37.9 Å². The summed E-state index contributed by atoms with van der Waals surface area (Å²) >= 11 is 0. The lowest BCUT2D eigenvalue weighted by Crippen LogP contribution is -2.30. The minimum Gasteiger partial charge on any atom is -0.462 e. The maximum Gasteiger partial charge on any atom is 0.306 e. The van der Waals surface area contributed by atoms with E-state index in [1.54, 1.807) is 0 Å². The third-order valence-electron chi connectivity index (χ3n) is 10.7. The van der Waals surface area contributed by atoms with Crippen LogP contribution < -0.4 is 0 Å². The van der Waals surface area contributed by atoms with Crippen molar-refractivity contribution in [2.75, 3.05) is 19.8 Å². The lowest BCUT2D eigenvalue weighted by atomic mass is 10.1. The smallest absolute Gasteiger partial charge is 0.306 e. The van der Waals surface area contributed by atoms with Crippen LogP contribution in [-0.2, 0) is 23.8 Å². The minimum absolute atomic E-state index is 0.0415. The van der Waals surface area contributed by atoms with Gasteiger partial charge in [0, 0.05) is 19.4 Å². The topological polar surface area (TPSA) is 61.8 Å². The highest BCUT2D eigenvalue weighted by molar-refractivity contribution is 5.70. The summed E-state index contributed by atoms with van der Waals surface area (Å²) in [6.07, 6.45) is 65.0. The number of hydrogen-bond acceptors (Lipinski definition) is 5. The van der Waals surface area contributed by atoms with E-state index in [-0.39, 0.29) is 25.2 Å². The van der Waals surface area contributed by atoms with E-state index in [2.05, 4.69) is 87.6 Å². The lowest BCUT2D eigenvalue weighted by Gasteiger charge is -2.18. The molecule has 0 aliphatic rings. The molecule has 0 N–H and O–H groups in total. The van der Waals surface area contributed by atoms with Crippen molar-refractivity contribution in [3.05, 3.63) is 72.9 Å². The number of carbonyl (C=O) groups is 2. The summed E-state index contributed by atoms with van der Waals surface area (Å²) in [6.45, 7) is 7.61. The average molecular weight is 837 g/mol. The van der Waals surface area contributed by atoms with Gasteiger partial charge in [-0.3, -0.25) is 9.59 Å². The number of allylic oxidation sites excluding steroid dienone is 12. The van der Waals surface area contributed by atoms with Crippen LogP contribution in [0.4, 0.5) is 0 Å². The summed E-state index contributed by atoms with van der Waals surface area (Å²) in [6, 6.07) is 0. The molecule has 0 rings (SSSR count). The van der Waals surface area contributed by atoms with Gasteiger partial charge in [0.1, 0.15) is 6.61 Å². The summed E-state index contributed by atoms with van der Waals surface area (Å²) in [5, 5.41) is 0. The molecule has 5 heteroatoms. The largest absolute Gasteiger partial charge is 0.462 e. The first-order valence-corrected chi connectivity index (χ1v) is 25.5. The summed E-state index contributed by atoms with van der Waals surface area (Å²) in [7, 11) is 0. The maximum absolute atomic E-state index is 12.8. The molecular formula is C55H96O5. The third kappa shape index (κ3) is 48.0. The zero-order valence-corrected chi connectivity index (χ0v) is 39.7. The quantitative estimate of drug-likeness (QED) is 0.0347. The van der Waals surface area contributed by atoms with Crippen LogP contribution in [0.1, 0.15) is 239 Å². The minimum atomic E-state index is -0.571. The van der Waals surface area contributed by atoms with E-state index in [0.29, 0.717) is 25.9 Å². The van der Waals surface area contributed by atoms with Crippen LogP contribution in [0.15, 0.2) is 72.9 Å². The Hall–Kier alpha value is -2.66. The van der Waals surface area contributed by atoms with Gasteiger partial charge in [0.05, 0.1) is 6.61 Å². The molecule has 0 aromatic rings. The van der Waals surface area contributed by atoms with Gasteiger partial charge in [-0.25, -0.2) is 0 Å². The maximum atomic E-state index is 12.8. The fourth-order valence-corrected chi connectivity index (χ4v) is 6.92. The van der Waals surface area contributed by atoms with Crippen molar-refractivity contribution in [2.45, 2.75) is 245 Å². The van der Waals surface area contributed by atoms with E-state index in [0.717, 1.165) is 64.2 Å².